The smallest absolute Gasteiger partial charge is 0.398 e. The van der Waals surface area contributed by atoms with E-state index < -0.39 is 11.7 Å². The summed E-state index contributed by atoms with van der Waals surface area (Å²) in [7, 11) is 0. The molecule has 0 aliphatic heterocycles. The summed E-state index contributed by atoms with van der Waals surface area (Å²) < 4.78 is 38.9. The zero-order valence-electron chi connectivity index (χ0n) is 9.16. The van der Waals surface area contributed by atoms with Crippen LogP contribution in [0.3, 0.4) is 0 Å². The number of anilines is 2. The van der Waals surface area contributed by atoms with Gasteiger partial charge < -0.3 is 11.1 Å². The molecule has 0 spiro atoms. The molecule has 3 N–H and O–H groups in total. The predicted octanol–water partition coefficient (Wildman–Crippen LogP) is 3.85. The van der Waals surface area contributed by atoms with Crippen LogP contribution < -0.4 is 11.1 Å². The van der Waals surface area contributed by atoms with Crippen molar-refractivity contribution in [2.45, 2.75) is 31.5 Å². The molecule has 0 aromatic heterocycles. The molecule has 1 aliphatic rings. The summed E-state index contributed by atoms with van der Waals surface area (Å²) in [5.41, 5.74) is 5.67. The average molecular weight is 309 g/mol. The van der Waals surface area contributed by atoms with Gasteiger partial charge in [-0.25, -0.2) is 0 Å². The van der Waals surface area contributed by atoms with Crippen molar-refractivity contribution < 1.29 is 13.2 Å². The molecule has 0 amide bonds. The van der Waals surface area contributed by atoms with E-state index >= 15 is 0 Å². The van der Waals surface area contributed by atoms with Crippen LogP contribution in [0.4, 0.5) is 24.5 Å². The second kappa shape index (κ2) is 3.80. The highest BCUT2D eigenvalue weighted by Crippen LogP contribution is 2.52. The Labute approximate surface area is 106 Å². The fourth-order valence-electron chi connectivity index (χ4n) is 1.65. The number of nitrogens with one attached hydrogen (secondary N) is 1. The number of rotatable bonds is 2. The lowest BCUT2D eigenvalue weighted by molar-refractivity contribution is -0.151. The van der Waals surface area contributed by atoms with E-state index in [1.54, 1.807) is 19.1 Å². The van der Waals surface area contributed by atoms with E-state index in [2.05, 4.69) is 21.2 Å². The third kappa shape index (κ3) is 2.22. The summed E-state index contributed by atoms with van der Waals surface area (Å²) in [5.74, 6) is 0. The molecule has 1 aromatic carbocycles. The van der Waals surface area contributed by atoms with Gasteiger partial charge in [-0.05, 0) is 53.4 Å². The first-order valence-electron chi connectivity index (χ1n) is 5.16. The minimum Gasteiger partial charge on any atom is -0.398 e. The number of halogens is 4. The Morgan fingerprint density at radius 3 is 2.41 bits per heavy atom. The van der Waals surface area contributed by atoms with Gasteiger partial charge in [0.25, 0.3) is 0 Å². The molecule has 94 valence electrons. The molecule has 2 rings (SSSR count). The molecule has 1 aromatic rings. The molecular formula is C11H12BrF3N2. The van der Waals surface area contributed by atoms with Crippen molar-refractivity contribution in [3.05, 3.63) is 22.2 Å². The molecule has 6 heteroatoms. The van der Waals surface area contributed by atoms with Crippen molar-refractivity contribution in [2.24, 2.45) is 0 Å². The molecule has 0 bridgehead atoms. The maximum absolute atomic E-state index is 12.8. The topological polar surface area (TPSA) is 38.0 Å². The lowest BCUT2D eigenvalue weighted by Crippen LogP contribution is -2.38. The highest BCUT2D eigenvalue weighted by atomic mass is 79.9. The SMILES string of the molecule is Cc1cc(NC2(C(F)(F)F)CC2)c(Br)cc1N. The van der Waals surface area contributed by atoms with E-state index in [1.807, 2.05) is 0 Å². The lowest BCUT2D eigenvalue weighted by Gasteiger charge is -2.23. The van der Waals surface area contributed by atoms with Gasteiger partial charge in [0.15, 0.2) is 0 Å². The normalized spacial score (nSPS) is 17.9. The van der Waals surface area contributed by atoms with Gasteiger partial charge in [-0.15, -0.1) is 0 Å². The molecule has 0 atom stereocenters. The summed E-state index contributed by atoms with van der Waals surface area (Å²) in [6.45, 7) is 1.76. The van der Waals surface area contributed by atoms with E-state index in [-0.39, 0.29) is 12.8 Å². The summed E-state index contributed by atoms with van der Waals surface area (Å²) in [6.07, 6.45) is -3.99. The molecule has 0 unspecified atom stereocenters. The van der Waals surface area contributed by atoms with Gasteiger partial charge in [-0.2, -0.15) is 13.2 Å². The third-order valence-corrected chi connectivity index (χ3v) is 3.68. The van der Waals surface area contributed by atoms with Gasteiger partial charge in [-0.3, -0.25) is 0 Å². The highest BCUT2D eigenvalue weighted by molar-refractivity contribution is 9.10. The second-order valence-electron chi connectivity index (χ2n) is 4.39. The van der Waals surface area contributed by atoms with E-state index in [9.17, 15) is 13.2 Å². The zero-order valence-corrected chi connectivity index (χ0v) is 10.7. The van der Waals surface area contributed by atoms with E-state index in [0.717, 1.165) is 5.56 Å². The first kappa shape index (κ1) is 12.5. The molecule has 1 aliphatic carbocycles. The zero-order chi connectivity index (χ0) is 12.8. The summed E-state index contributed by atoms with van der Waals surface area (Å²) in [4.78, 5) is 0. The van der Waals surface area contributed by atoms with Gasteiger partial charge in [-0.1, -0.05) is 0 Å². The highest BCUT2D eigenvalue weighted by Gasteiger charge is 2.63. The van der Waals surface area contributed by atoms with Crippen LogP contribution in [-0.4, -0.2) is 11.7 Å². The Morgan fingerprint density at radius 1 is 1.35 bits per heavy atom. The largest absolute Gasteiger partial charge is 0.411 e. The Bertz CT molecular complexity index is 453. The van der Waals surface area contributed by atoms with Crippen molar-refractivity contribution in [2.75, 3.05) is 11.1 Å². The van der Waals surface area contributed by atoms with E-state index in [0.29, 0.717) is 15.8 Å². The molecule has 17 heavy (non-hydrogen) atoms. The van der Waals surface area contributed by atoms with Crippen LogP contribution >= 0.6 is 15.9 Å². The van der Waals surface area contributed by atoms with Crippen LogP contribution in [0.1, 0.15) is 18.4 Å². The van der Waals surface area contributed by atoms with Crippen molar-refractivity contribution in [3.8, 4) is 0 Å². The van der Waals surface area contributed by atoms with Crippen LogP contribution in [0.2, 0.25) is 0 Å². The molecule has 0 heterocycles. The quantitative estimate of drug-likeness (QED) is 0.815. The standard InChI is InChI=1S/C11H12BrF3N2/c1-6-4-9(7(12)5-8(6)16)17-10(2-3-10)11(13,14)15/h4-5,17H,2-3,16H2,1H3. The number of hydrogen-bond acceptors (Lipinski definition) is 2. The number of hydrogen-bond donors (Lipinski definition) is 2. The number of nitrogen functional groups attached to an aromatic ring is 1. The first-order chi connectivity index (χ1) is 7.75. The molecule has 0 saturated heterocycles. The first-order valence-corrected chi connectivity index (χ1v) is 5.95. The third-order valence-electron chi connectivity index (χ3n) is 3.02. The van der Waals surface area contributed by atoms with Crippen LogP contribution in [0, 0.1) is 6.92 Å². The maximum Gasteiger partial charge on any atom is 0.411 e. The molecule has 2 nitrogen and oxygen atoms in total. The number of alkyl halides is 3. The fourth-order valence-corrected chi connectivity index (χ4v) is 2.12. The lowest BCUT2D eigenvalue weighted by atomic mass is 10.1. The van der Waals surface area contributed by atoms with Gasteiger partial charge in [0.2, 0.25) is 0 Å². The van der Waals surface area contributed by atoms with Crippen LogP contribution in [-0.2, 0) is 0 Å². The Balaban J connectivity index is 2.29. The summed E-state index contributed by atoms with van der Waals surface area (Å²) >= 11 is 3.22. The molecule has 1 fully saturated rings. The van der Waals surface area contributed by atoms with Gasteiger partial charge in [0.05, 0.1) is 0 Å². The van der Waals surface area contributed by atoms with Crippen LogP contribution in [0.5, 0.6) is 0 Å². The second-order valence-corrected chi connectivity index (χ2v) is 5.25. The van der Waals surface area contributed by atoms with Gasteiger partial charge in [0, 0.05) is 15.8 Å². The summed E-state index contributed by atoms with van der Waals surface area (Å²) in [5, 5.41) is 2.58. The van der Waals surface area contributed by atoms with Crippen molar-refractivity contribution in [3.63, 3.8) is 0 Å². The Kier molecular flexibility index (Phi) is 2.80. The number of nitrogens with two attached hydrogens (primary N) is 1. The van der Waals surface area contributed by atoms with Crippen molar-refractivity contribution in [1.29, 1.82) is 0 Å². The summed E-state index contributed by atoms with van der Waals surface area (Å²) in [6, 6.07) is 3.25. The molecule has 0 radical (unpaired) electrons. The Morgan fingerprint density at radius 2 is 1.94 bits per heavy atom. The minimum absolute atomic E-state index is 0.117. The average Bonchev–Trinajstić information content (AvgIpc) is 2.94. The van der Waals surface area contributed by atoms with Crippen molar-refractivity contribution in [1.82, 2.24) is 0 Å². The van der Waals surface area contributed by atoms with Gasteiger partial charge in [0.1, 0.15) is 5.54 Å². The predicted molar refractivity (Wildman–Crippen MR) is 64.9 cm³/mol. The molecular weight excluding hydrogens is 297 g/mol. The number of aryl methyl sites for hydroxylation is 1. The minimum atomic E-state index is -4.22. The van der Waals surface area contributed by atoms with E-state index in [4.69, 9.17) is 5.73 Å². The monoisotopic (exact) mass is 308 g/mol. The van der Waals surface area contributed by atoms with Crippen molar-refractivity contribution >= 4 is 27.3 Å². The fraction of sp³-hybridized carbons (Fsp3) is 0.455. The van der Waals surface area contributed by atoms with Gasteiger partial charge >= 0.3 is 6.18 Å². The molecule has 1 saturated carbocycles. The number of benzene rings is 1. The van der Waals surface area contributed by atoms with Crippen LogP contribution in [0.15, 0.2) is 16.6 Å². The van der Waals surface area contributed by atoms with Crippen LogP contribution in [0.25, 0.3) is 0 Å². The Hall–Kier alpha value is -0.910. The maximum atomic E-state index is 12.8. The van der Waals surface area contributed by atoms with E-state index in [1.165, 1.54) is 0 Å².